The van der Waals surface area contributed by atoms with Crippen molar-refractivity contribution < 1.29 is 27.4 Å². The Hall–Kier alpha value is -3.43. The van der Waals surface area contributed by atoms with Gasteiger partial charge in [0, 0.05) is 10.6 Å². The summed E-state index contributed by atoms with van der Waals surface area (Å²) in [5.41, 5.74) is 1.01. The van der Waals surface area contributed by atoms with E-state index in [1.807, 2.05) is 6.92 Å². The molecule has 1 atom stereocenters. The van der Waals surface area contributed by atoms with E-state index in [0.717, 1.165) is 4.31 Å². The van der Waals surface area contributed by atoms with Crippen molar-refractivity contribution in [3.63, 3.8) is 0 Å². The Balaban J connectivity index is 1.91. The van der Waals surface area contributed by atoms with E-state index in [1.165, 1.54) is 31.4 Å². The van der Waals surface area contributed by atoms with Gasteiger partial charge in [-0.2, -0.15) is 0 Å². The van der Waals surface area contributed by atoms with Gasteiger partial charge in [-0.15, -0.1) is 0 Å². The molecule has 0 saturated carbocycles. The van der Waals surface area contributed by atoms with E-state index in [9.17, 15) is 13.2 Å². The number of hydrogen-bond donors (Lipinski definition) is 1. The number of hydrogen-bond acceptors (Lipinski definition) is 6. The van der Waals surface area contributed by atoms with Crippen molar-refractivity contribution in [3.05, 3.63) is 77.3 Å². The molecular weight excluding hydrogens is 504 g/mol. The maximum atomic E-state index is 13.6. The third kappa shape index (κ3) is 6.41. The fourth-order valence-corrected chi connectivity index (χ4v) is 5.14. The van der Waals surface area contributed by atoms with Crippen molar-refractivity contribution in [3.8, 4) is 17.2 Å². The van der Waals surface area contributed by atoms with Crippen LogP contribution in [0.4, 0.5) is 5.69 Å². The van der Waals surface area contributed by atoms with Gasteiger partial charge in [-0.1, -0.05) is 11.6 Å². The number of halogens is 1. The van der Waals surface area contributed by atoms with Crippen molar-refractivity contribution in [2.75, 3.05) is 31.7 Å². The van der Waals surface area contributed by atoms with Gasteiger partial charge in [-0.05, 0) is 80.6 Å². The van der Waals surface area contributed by atoms with E-state index >= 15 is 0 Å². The normalized spacial score (nSPS) is 11.9. The summed E-state index contributed by atoms with van der Waals surface area (Å²) in [4.78, 5) is 13.1. The van der Waals surface area contributed by atoms with Gasteiger partial charge in [0.2, 0.25) is 5.91 Å². The molecule has 3 rings (SSSR count). The fraction of sp³-hybridized carbons (Fsp3) is 0.269. The molecule has 3 aromatic carbocycles. The highest BCUT2D eigenvalue weighted by Crippen LogP contribution is 2.30. The number of anilines is 1. The van der Waals surface area contributed by atoms with Crippen molar-refractivity contribution in [2.45, 2.75) is 24.8 Å². The molecule has 0 aliphatic carbocycles. The second-order valence-electron chi connectivity index (χ2n) is 7.79. The van der Waals surface area contributed by atoms with Gasteiger partial charge in [-0.3, -0.25) is 9.10 Å². The van der Waals surface area contributed by atoms with E-state index in [0.29, 0.717) is 40.1 Å². The van der Waals surface area contributed by atoms with Crippen molar-refractivity contribution in [2.24, 2.45) is 0 Å². The molecule has 0 bridgehead atoms. The topological polar surface area (TPSA) is 94.2 Å². The van der Waals surface area contributed by atoms with E-state index in [2.05, 4.69) is 5.32 Å². The quantitative estimate of drug-likeness (QED) is 0.380. The Morgan fingerprint density at radius 2 is 1.61 bits per heavy atom. The SMILES string of the molecule is CCOc1ccc(N(CC(=O)N[C@@H](C)c2cc(OC)ccc2OC)S(=O)(=O)c2ccc(Cl)cc2)cc1. The highest BCUT2D eigenvalue weighted by Gasteiger charge is 2.28. The first-order chi connectivity index (χ1) is 17.2. The minimum Gasteiger partial charge on any atom is -0.497 e. The number of nitrogens with zero attached hydrogens (tertiary/aromatic N) is 1. The third-order valence-corrected chi connectivity index (χ3v) is 7.45. The summed E-state index contributed by atoms with van der Waals surface area (Å²) >= 11 is 5.95. The lowest BCUT2D eigenvalue weighted by Crippen LogP contribution is -2.41. The number of carbonyl (C=O) groups excluding carboxylic acids is 1. The summed E-state index contributed by atoms with van der Waals surface area (Å²) in [6.07, 6.45) is 0. The first-order valence-corrected chi connectivity index (χ1v) is 13.0. The summed E-state index contributed by atoms with van der Waals surface area (Å²) in [7, 11) is -1.01. The highest BCUT2D eigenvalue weighted by atomic mass is 35.5. The molecule has 0 spiro atoms. The zero-order valence-electron chi connectivity index (χ0n) is 20.5. The van der Waals surface area contributed by atoms with Crippen LogP contribution in [0.2, 0.25) is 5.02 Å². The number of rotatable bonds is 11. The van der Waals surface area contributed by atoms with Gasteiger partial charge < -0.3 is 19.5 Å². The monoisotopic (exact) mass is 532 g/mol. The third-order valence-electron chi connectivity index (χ3n) is 5.41. The van der Waals surface area contributed by atoms with Crippen LogP contribution in [-0.2, 0) is 14.8 Å². The van der Waals surface area contributed by atoms with Crippen molar-refractivity contribution in [1.29, 1.82) is 0 Å². The molecule has 0 aromatic heterocycles. The second-order valence-corrected chi connectivity index (χ2v) is 10.1. The van der Waals surface area contributed by atoms with E-state index in [1.54, 1.807) is 56.5 Å². The average molecular weight is 533 g/mol. The van der Waals surface area contributed by atoms with E-state index in [4.69, 9.17) is 25.8 Å². The van der Waals surface area contributed by atoms with Crippen LogP contribution in [0, 0.1) is 0 Å². The van der Waals surface area contributed by atoms with E-state index in [-0.39, 0.29) is 4.90 Å². The summed E-state index contributed by atoms with van der Waals surface area (Å²) in [6.45, 7) is 3.66. The summed E-state index contributed by atoms with van der Waals surface area (Å²) in [5, 5.41) is 3.26. The zero-order valence-corrected chi connectivity index (χ0v) is 22.1. The molecule has 0 aliphatic rings. The molecule has 10 heteroatoms. The lowest BCUT2D eigenvalue weighted by molar-refractivity contribution is -0.120. The average Bonchev–Trinajstić information content (AvgIpc) is 2.87. The molecule has 0 fully saturated rings. The molecule has 0 saturated heterocycles. The second kappa shape index (κ2) is 12.0. The first kappa shape index (κ1) is 27.2. The summed E-state index contributed by atoms with van der Waals surface area (Å²) < 4.78 is 44.3. The summed E-state index contributed by atoms with van der Waals surface area (Å²) in [6, 6.07) is 17.1. The Labute approximate surface area is 216 Å². The van der Waals surface area contributed by atoms with Crippen LogP contribution in [0.3, 0.4) is 0 Å². The number of amides is 1. The van der Waals surface area contributed by atoms with Crippen molar-refractivity contribution >= 4 is 33.2 Å². The Kier molecular flexibility index (Phi) is 9.06. The van der Waals surface area contributed by atoms with Gasteiger partial charge in [0.25, 0.3) is 10.0 Å². The smallest absolute Gasteiger partial charge is 0.264 e. The van der Waals surface area contributed by atoms with Gasteiger partial charge in [-0.25, -0.2) is 8.42 Å². The fourth-order valence-electron chi connectivity index (χ4n) is 3.60. The Bertz CT molecular complexity index is 1280. The molecule has 0 aliphatic heterocycles. The minimum atomic E-state index is -4.09. The van der Waals surface area contributed by atoms with Crippen LogP contribution in [0.1, 0.15) is 25.5 Å². The van der Waals surface area contributed by atoms with E-state index < -0.39 is 28.5 Å². The van der Waals surface area contributed by atoms with Crippen molar-refractivity contribution in [1.82, 2.24) is 5.32 Å². The minimum absolute atomic E-state index is 0.0103. The number of nitrogens with one attached hydrogen (secondary N) is 1. The van der Waals surface area contributed by atoms with Gasteiger partial charge in [0.05, 0.1) is 37.5 Å². The number of benzene rings is 3. The molecular formula is C26H29ClN2O6S. The number of methoxy groups -OCH3 is 2. The lowest BCUT2D eigenvalue weighted by Gasteiger charge is -2.25. The first-order valence-electron chi connectivity index (χ1n) is 11.2. The van der Waals surface area contributed by atoms with Crippen LogP contribution in [0.5, 0.6) is 17.2 Å². The summed E-state index contributed by atoms with van der Waals surface area (Å²) in [5.74, 6) is 1.26. The van der Waals surface area contributed by atoms with Crippen LogP contribution < -0.4 is 23.8 Å². The molecule has 8 nitrogen and oxygen atoms in total. The van der Waals surface area contributed by atoms with Gasteiger partial charge in [0.1, 0.15) is 23.8 Å². The molecule has 192 valence electrons. The molecule has 1 amide bonds. The van der Waals surface area contributed by atoms with Crippen LogP contribution in [0.25, 0.3) is 0 Å². The van der Waals surface area contributed by atoms with Gasteiger partial charge >= 0.3 is 0 Å². The number of ether oxygens (including phenoxy) is 3. The standard InChI is InChI=1S/C26H29ClN2O6S/c1-5-35-21-10-8-20(9-11-21)29(36(31,32)23-13-6-19(27)7-14-23)17-26(30)28-18(2)24-16-22(33-3)12-15-25(24)34-4/h6-16,18H,5,17H2,1-4H3,(H,28,30)/t18-/m0/s1. The predicted molar refractivity (Wildman–Crippen MR) is 140 cm³/mol. The molecule has 36 heavy (non-hydrogen) atoms. The number of carbonyl (C=O) groups is 1. The van der Waals surface area contributed by atoms with Crippen LogP contribution in [0.15, 0.2) is 71.6 Å². The number of sulfonamides is 1. The predicted octanol–water partition coefficient (Wildman–Crippen LogP) is 4.83. The maximum Gasteiger partial charge on any atom is 0.264 e. The highest BCUT2D eigenvalue weighted by molar-refractivity contribution is 7.92. The molecule has 0 radical (unpaired) electrons. The molecule has 0 heterocycles. The van der Waals surface area contributed by atoms with Crippen LogP contribution in [-0.4, -0.2) is 41.7 Å². The van der Waals surface area contributed by atoms with Crippen LogP contribution >= 0.6 is 11.6 Å². The lowest BCUT2D eigenvalue weighted by atomic mass is 10.1. The zero-order chi connectivity index (χ0) is 26.3. The molecule has 0 unspecified atom stereocenters. The van der Waals surface area contributed by atoms with Gasteiger partial charge in [0.15, 0.2) is 0 Å². The molecule has 1 N–H and O–H groups in total. The Morgan fingerprint density at radius 3 is 2.19 bits per heavy atom. The Morgan fingerprint density at radius 1 is 0.972 bits per heavy atom. The largest absolute Gasteiger partial charge is 0.497 e. The maximum absolute atomic E-state index is 13.6. The molecule has 3 aromatic rings.